The van der Waals surface area contributed by atoms with Crippen LogP contribution in [0.2, 0.25) is 0 Å². The number of hydrogen-bond donors (Lipinski definition) is 2. The highest BCUT2D eigenvalue weighted by atomic mass is 16.4. The molecule has 0 saturated carbocycles. The zero-order valence-corrected chi connectivity index (χ0v) is 12.2. The number of aromatic amines is 1. The molecular formula is C17H18N2O2. The molecule has 2 heterocycles. The van der Waals surface area contributed by atoms with Crippen molar-refractivity contribution in [3.05, 3.63) is 41.1 Å². The van der Waals surface area contributed by atoms with Gasteiger partial charge in [0, 0.05) is 29.7 Å². The fourth-order valence-electron chi connectivity index (χ4n) is 3.81. The summed E-state index contributed by atoms with van der Waals surface area (Å²) < 4.78 is 0. The van der Waals surface area contributed by atoms with Gasteiger partial charge in [0.1, 0.15) is 0 Å². The maximum absolute atomic E-state index is 11.4. The van der Waals surface area contributed by atoms with Crippen molar-refractivity contribution in [3.63, 3.8) is 0 Å². The summed E-state index contributed by atoms with van der Waals surface area (Å²) >= 11 is 0. The van der Waals surface area contributed by atoms with Crippen LogP contribution in [0.3, 0.4) is 0 Å². The van der Waals surface area contributed by atoms with E-state index < -0.39 is 11.9 Å². The molecule has 1 aromatic carbocycles. The van der Waals surface area contributed by atoms with E-state index in [4.69, 9.17) is 0 Å². The zero-order chi connectivity index (χ0) is 14.7. The van der Waals surface area contributed by atoms with Crippen LogP contribution in [-0.4, -0.2) is 40.6 Å². The number of aromatic nitrogens is 1. The molecule has 4 nitrogen and oxygen atoms in total. The molecule has 1 aliphatic carbocycles. The number of aliphatic carboxylic acids is 1. The molecule has 4 heteroatoms. The predicted molar refractivity (Wildman–Crippen MR) is 82.3 cm³/mol. The van der Waals surface area contributed by atoms with Gasteiger partial charge in [-0.15, -0.1) is 0 Å². The second-order valence-electron chi connectivity index (χ2n) is 6.22. The summed E-state index contributed by atoms with van der Waals surface area (Å²) in [7, 11) is 2.02. The van der Waals surface area contributed by atoms with Crippen LogP contribution in [0, 0.1) is 12.8 Å². The number of rotatable bonds is 1. The van der Waals surface area contributed by atoms with E-state index in [1.54, 1.807) is 0 Å². The Balaban J connectivity index is 1.98. The number of benzene rings is 1. The lowest BCUT2D eigenvalue weighted by atomic mass is 9.79. The van der Waals surface area contributed by atoms with E-state index in [9.17, 15) is 9.90 Å². The summed E-state index contributed by atoms with van der Waals surface area (Å²) in [6.45, 7) is 2.69. The summed E-state index contributed by atoms with van der Waals surface area (Å²) in [5, 5.41) is 10.6. The van der Waals surface area contributed by atoms with Crippen LogP contribution in [0.25, 0.3) is 16.5 Å². The predicted octanol–water partition coefficient (Wildman–Crippen LogP) is 2.43. The Morgan fingerprint density at radius 1 is 1.43 bits per heavy atom. The van der Waals surface area contributed by atoms with Gasteiger partial charge < -0.3 is 10.1 Å². The SMILES string of the molecule is Cc1ccc2c3c(c[nH]c13)C[C@@H]1C2=C[C@@H](C(=O)O)CN1C. The number of likely N-dealkylation sites (N-methyl/N-ethyl adjacent to an activating group) is 1. The third-order valence-corrected chi connectivity index (χ3v) is 4.92. The van der Waals surface area contributed by atoms with Crippen LogP contribution in [0.1, 0.15) is 16.7 Å². The van der Waals surface area contributed by atoms with Gasteiger partial charge in [0.25, 0.3) is 0 Å². The first-order chi connectivity index (χ1) is 10.1. The Hall–Kier alpha value is -2.07. The van der Waals surface area contributed by atoms with Crippen molar-refractivity contribution in [1.82, 2.24) is 9.88 Å². The van der Waals surface area contributed by atoms with Crippen LogP contribution in [0.5, 0.6) is 0 Å². The number of carbonyl (C=O) groups is 1. The molecule has 0 bridgehead atoms. The van der Waals surface area contributed by atoms with Gasteiger partial charge in [-0.3, -0.25) is 9.69 Å². The maximum Gasteiger partial charge on any atom is 0.311 e. The van der Waals surface area contributed by atoms with Crippen LogP contribution >= 0.6 is 0 Å². The van der Waals surface area contributed by atoms with E-state index in [1.807, 2.05) is 13.1 Å². The Bertz CT molecular complexity index is 787. The van der Waals surface area contributed by atoms with Crippen LogP contribution in [0.4, 0.5) is 0 Å². The van der Waals surface area contributed by atoms with Crippen molar-refractivity contribution in [2.75, 3.05) is 13.6 Å². The smallest absolute Gasteiger partial charge is 0.311 e. The van der Waals surface area contributed by atoms with Gasteiger partial charge in [0.05, 0.1) is 5.92 Å². The van der Waals surface area contributed by atoms with Crippen molar-refractivity contribution in [1.29, 1.82) is 0 Å². The Morgan fingerprint density at radius 3 is 3.00 bits per heavy atom. The van der Waals surface area contributed by atoms with E-state index in [-0.39, 0.29) is 6.04 Å². The molecule has 0 fully saturated rings. The first kappa shape index (κ1) is 12.7. The first-order valence-electron chi connectivity index (χ1n) is 7.31. The number of aryl methyl sites for hydroxylation is 1. The molecule has 4 rings (SSSR count). The molecule has 1 aliphatic heterocycles. The van der Waals surface area contributed by atoms with Crippen molar-refractivity contribution < 1.29 is 9.90 Å². The summed E-state index contributed by atoms with van der Waals surface area (Å²) in [5.74, 6) is -1.16. The third kappa shape index (κ3) is 1.69. The summed E-state index contributed by atoms with van der Waals surface area (Å²) in [6, 6.07) is 4.55. The Kier molecular flexibility index (Phi) is 2.54. The minimum Gasteiger partial charge on any atom is -0.481 e. The van der Waals surface area contributed by atoms with Crippen molar-refractivity contribution in [2.24, 2.45) is 5.92 Å². The monoisotopic (exact) mass is 282 g/mol. The van der Waals surface area contributed by atoms with E-state index >= 15 is 0 Å². The third-order valence-electron chi connectivity index (χ3n) is 4.92. The van der Waals surface area contributed by atoms with Crippen molar-refractivity contribution in [2.45, 2.75) is 19.4 Å². The number of carboxylic acids is 1. The van der Waals surface area contributed by atoms with Gasteiger partial charge in [-0.1, -0.05) is 18.2 Å². The minimum atomic E-state index is -0.740. The molecule has 0 unspecified atom stereocenters. The zero-order valence-electron chi connectivity index (χ0n) is 12.2. The number of hydrogen-bond acceptors (Lipinski definition) is 2. The maximum atomic E-state index is 11.4. The number of nitrogens with one attached hydrogen (secondary N) is 1. The van der Waals surface area contributed by atoms with Gasteiger partial charge in [-0.25, -0.2) is 0 Å². The number of fused-ring (bicyclic) bond motifs is 2. The van der Waals surface area contributed by atoms with Gasteiger partial charge in [0.15, 0.2) is 0 Å². The molecule has 108 valence electrons. The lowest BCUT2D eigenvalue weighted by molar-refractivity contribution is -0.140. The molecular weight excluding hydrogens is 264 g/mol. The molecule has 0 spiro atoms. The number of carboxylic acid groups (broad SMARTS) is 1. The highest BCUT2D eigenvalue weighted by Crippen LogP contribution is 2.41. The molecule has 2 atom stereocenters. The molecule has 0 saturated heterocycles. The standard InChI is InChI=1S/C17H18N2O2/c1-9-3-4-12-13-5-11(17(20)21)8-19(2)14(13)6-10-7-18-16(9)15(10)12/h3-5,7,11,14,18H,6,8H2,1-2H3,(H,20,21)/t11-,14-/m1/s1. The van der Waals surface area contributed by atoms with Crippen LogP contribution in [0.15, 0.2) is 24.4 Å². The summed E-state index contributed by atoms with van der Waals surface area (Å²) in [5.41, 5.74) is 6.13. The van der Waals surface area contributed by atoms with E-state index in [0.717, 1.165) is 6.42 Å². The molecule has 0 amide bonds. The fraction of sp³-hybridized carbons (Fsp3) is 0.353. The van der Waals surface area contributed by atoms with Gasteiger partial charge >= 0.3 is 5.97 Å². The lowest BCUT2D eigenvalue weighted by Gasteiger charge is -2.38. The van der Waals surface area contributed by atoms with E-state index in [0.29, 0.717) is 6.54 Å². The molecule has 2 aliphatic rings. The molecule has 1 aromatic heterocycles. The van der Waals surface area contributed by atoms with Gasteiger partial charge in [-0.2, -0.15) is 0 Å². The van der Waals surface area contributed by atoms with Gasteiger partial charge in [-0.05, 0) is 42.7 Å². The second kappa shape index (κ2) is 4.21. The van der Waals surface area contributed by atoms with Crippen LogP contribution in [-0.2, 0) is 11.2 Å². The average molecular weight is 282 g/mol. The Morgan fingerprint density at radius 2 is 2.24 bits per heavy atom. The highest BCUT2D eigenvalue weighted by Gasteiger charge is 2.35. The van der Waals surface area contributed by atoms with E-state index in [2.05, 4.69) is 35.1 Å². The largest absolute Gasteiger partial charge is 0.481 e. The Labute approximate surface area is 123 Å². The highest BCUT2D eigenvalue weighted by molar-refractivity contribution is 6.00. The molecule has 0 radical (unpaired) electrons. The number of H-pyrrole nitrogens is 1. The first-order valence-corrected chi connectivity index (χ1v) is 7.31. The van der Waals surface area contributed by atoms with Gasteiger partial charge in [0.2, 0.25) is 0 Å². The van der Waals surface area contributed by atoms with E-state index in [1.165, 1.54) is 33.2 Å². The molecule has 2 aromatic rings. The summed E-state index contributed by atoms with van der Waals surface area (Å²) in [6.07, 6.45) is 5.02. The summed E-state index contributed by atoms with van der Waals surface area (Å²) in [4.78, 5) is 17.0. The van der Waals surface area contributed by atoms with Crippen molar-refractivity contribution in [3.8, 4) is 0 Å². The minimum absolute atomic E-state index is 0.287. The average Bonchev–Trinajstić information content (AvgIpc) is 2.87. The van der Waals surface area contributed by atoms with Crippen molar-refractivity contribution >= 4 is 22.4 Å². The topological polar surface area (TPSA) is 56.3 Å². The number of nitrogens with zero attached hydrogens (tertiary/aromatic N) is 1. The molecule has 21 heavy (non-hydrogen) atoms. The molecule has 2 N–H and O–H groups in total. The van der Waals surface area contributed by atoms with Crippen LogP contribution < -0.4 is 0 Å². The second-order valence-corrected chi connectivity index (χ2v) is 6.22. The quantitative estimate of drug-likeness (QED) is 0.844. The lowest BCUT2D eigenvalue weighted by Crippen LogP contribution is -2.44. The normalized spacial score (nSPS) is 24.8. The fourth-order valence-corrected chi connectivity index (χ4v) is 3.81.